The summed E-state index contributed by atoms with van der Waals surface area (Å²) < 4.78 is 25.7. The molecule has 152 valence electrons. The molecule has 4 aromatic carbocycles. The molecular formula is C28H21FO2. The van der Waals surface area contributed by atoms with E-state index in [9.17, 15) is 4.39 Å². The maximum atomic E-state index is 14.3. The van der Waals surface area contributed by atoms with Crippen molar-refractivity contribution in [2.24, 2.45) is 0 Å². The molecule has 0 fully saturated rings. The van der Waals surface area contributed by atoms with Crippen molar-refractivity contribution in [3.05, 3.63) is 131 Å². The Bertz CT molecular complexity index is 1170. The first-order chi connectivity index (χ1) is 15.3. The van der Waals surface area contributed by atoms with Crippen molar-refractivity contribution in [3.8, 4) is 23.3 Å². The Hall–Kier alpha value is -4.03. The molecule has 0 amide bonds. The van der Waals surface area contributed by atoms with Gasteiger partial charge in [-0.2, -0.15) is 0 Å². The largest absolute Gasteiger partial charge is 0.489 e. The average molecular weight is 408 g/mol. The topological polar surface area (TPSA) is 18.5 Å². The lowest BCUT2D eigenvalue weighted by molar-refractivity contribution is 0.290. The molecule has 0 aliphatic carbocycles. The maximum Gasteiger partial charge on any atom is 0.166 e. The second kappa shape index (κ2) is 10.1. The Morgan fingerprint density at radius 1 is 0.581 bits per heavy atom. The van der Waals surface area contributed by atoms with Gasteiger partial charge < -0.3 is 9.47 Å². The second-order valence-electron chi connectivity index (χ2n) is 6.97. The van der Waals surface area contributed by atoms with Gasteiger partial charge in [0.2, 0.25) is 0 Å². The molecule has 4 aromatic rings. The number of rotatable bonds is 6. The van der Waals surface area contributed by atoms with Crippen LogP contribution in [-0.2, 0) is 13.2 Å². The third-order valence-corrected chi connectivity index (χ3v) is 4.62. The van der Waals surface area contributed by atoms with Gasteiger partial charge >= 0.3 is 0 Å². The lowest BCUT2D eigenvalue weighted by atomic mass is 10.1. The molecule has 0 unspecified atom stereocenters. The molecule has 0 saturated heterocycles. The van der Waals surface area contributed by atoms with Crippen LogP contribution in [0.3, 0.4) is 0 Å². The third-order valence-electron chi connectivity index (χ3n) is 4.62. The van der Waals surface area contributed by atoms with Crippen molar-refractivity contribution in [2.45, 2.75) is 13.2 Å². The summed E-state index contributed by atoms with van der Waals surface area (Å²) in [6.07, 6.45) is 0. The van der Waals surface area contributed by atoms with Crippen LogP contribution in [0.25, 0.3) is 0 Å². The van der Waals surface area contributed by atoms with E-state index in [4.69, 9.17) is 9.47 Å². The van der Waals surface area contributed by atoms with Gasteiger partial charge in [-0.15, -0.1) is 0 Å². The summed E-state index contributed by atoms with van der Waals surface area (Å²) in [5.41, 5.74) is 3.53. The molecule has 0 N–H and O–H groups in total. The summed E-state index contributed by atoms with van der Waals surface area (Å²) >= 11 is 0. The van der Waals surface area contributed by atoms with Gasteiger partial charge in [-0.05, 0) is 53.6 Å². The fraction of sp³-hybridized carbons (Fsp3) is 0.0714. The van der Waals surface area contributed by atoms with Crippen molar-refractivity contribution in [3.63, 3.8) is 0 Å². The smallest absolute Gasteiger partial charge is 0.166 e. The summed E-state index contributed by atoms with van der Waals surface area (Å²) in [5.74, 6) is 6.62. The van der Waals surface area contributed by atoms with Gasteiger partial charge in [-0.3, -0.25) is 0 Å². The van der Waals surface area contributed by atoms with Crippen LogP contribution >= 0.6 is 0 Å². The SMILES string of the molecule is Fc1cc(C#Cc2ccc(OCc3ccccc3)cc2)ccc1OCc1ccccc1. The normalized spacial score (nSPS) is 10.1. The molecule has 0 aliphatic rings. The van der Waals surface area contributed by atoms with Gasteiger partial charge in [0.15, 0.2) is 11.6 Å². The minimum Gasteiger partial charge on any atom is -0.489 e. The molecule has 0 atom stereocenters. The van der Waals surface area contributed by atoms with Gasteiger partial charge in [0.25, 0.3) is 0 Å². The minimum absolute atomic E-state index is 0.217. The zero-order valence-electron chi connectivity index (χ0n) is 16.9. The Balaban J connectivity index is 1.35. The highest BCUT2D eigenvalue weighted by Gasteiger charge is 2.04. The minimum atomic E-state index is -0.424. The summed E-state index contributed by atoms with van der Waals surface area (Å²) in [6.45, 7) is 0.839. The highest BCUT2D eigenvalue weighted by molar-refractivity contribution is 5.46. The van der Waals surface area contributed by atoms with E-state index in [1.165, 1.54) is 6.07 Å². The van der Waals surface area contributed by atoms with Crippen molar-refractivity contribution in [1.82, 2.24) is 0 Å². The summed E-state index contributed by atoms with van der Waals surface area (Å²) in [7, 11) is 0. The standard InChI is InChI=1S/C28H21FO2/c29-27-19-23(15-18-28(27)31-21-25-9-5-2-6-10-25)12-11-22-13-16-26(17-14-22)30-20-24-7-3-1-4-8-24/h1-10,13-19H,20-21H2. The van der Waals surface area contributed by atoms with E-state index in [-0.39, 0.29) is 5.75 Å². The molecule has 0 spiro atoms. The van der Waals surface area contributed by atoms with Crippen LogP contribution in [0.4, 0.5) is 4.39 Å². The number of halogens is 1. The van der Waals surface area contributed by atoms with E-state index in [1.807, 2.05) is 84.9 Å². The van der Waals surface area contributed by atoms with Crippen LogP contribution in [0.1, 0.15) is 22.3 Å². The first kappa shape index (κ1) is 20.3. The van der Waals surface area contributed by atoms with Crippen molar-refractivity contribution in [2.75, 3.05) is 0 Å². The van der Waals surface area contributed by atoms with Crippen LogP contribution in [0.2, 0.25) is 0 Å². The predicted molar refractivity (Wildman–Crippen MR) is 120 cm³/mol. The molecule has 0 radical (unpaired) electrons. The first-order valence-electron chi connectivity index (χ1n) is 10.0. The maximum absolute atomic E-state index is 14.3. The molecule has 0 bridgehead atoms. The summed E-state index contributed by atoms with van der Waals surface area (Å²) in [5, 5.41) is 0. The van der Waals surface area contributed by atoms with Crippen LogP contribution in [0.15, 0.2) is 103 Å². The zero-order valence-corrected chi connectivity index (χ0v) is 16.9. The number of ether oxygens (including phenoxy) is 2. The predicted octanol–water partition coefficient (Wildman–Crippen LogP) is 6.38. The van der Waals surface area contributed by atoms with Crippen LogP contribution < -0.4 is 9.47 Å². The van der Waals surface area contributed by atoms with Gasteiger partial charge in [0.05, 0.1) is 0 Å². The Labute approximate surface area is 181 Å². The van der Waals surface area contributed by atoms with Crippen LogP contribution in [0.5, 0.6) is 11.5 Å². The number of hydrogen-bond donors (Lipinski definition) is 0. The summed E-state index contributed by atoms with van der Waals surface area (Å²) in [4.78, 5) is 0. The number of hydrogen-bond acceptors (Lipinski definition) is 2. The van der Waals surface area contributed by atoms with E-state index in [0.717, 1.165) is 22.4 Å². The van der Waals surface area contributed by atoms with Crippen LogP contribution in [-0.4, -0.2) is 0 Å². The molecule has 3 heteroatoms. The second-order valence-corrected chi connectivity index (χ2v) is 6.97. The molecule has 0 heterocycles. The molecule has 2 nitrogen and oxygen atoms in total. The van der Waals surface area contributed by atoms with Crippen molar-refractivity contribution >= 4 is 0 Å². The van der Waals surface area contributed by atoms with E-state index in [0.29, 0.717) is 18.8 Å². The van der Waals surface area contributed by atoms with Gasteiger partial charge in [0.1, 0.15) is 19.0 Å². The van der Waals surface area contributed by atoms with E-state index < -0.39 is 5.82 Å². The molecule has 0 aromatic heterocycles. The lowest BCUT2D eigenvalue weighted by Crippen LogP contribution is -1.97. The summed E-state index contributed by atoms with van der Waals surface area (Å²) in [6, 6.07) is 32.0. The zero-order chi connectivity index (χ0) is 21.3. The lowest BCUT2D eigenvalue weighted by Gasteiger charge is -2.07. The van der Waals surface area contributed by atoms with Crippen LogP contribution in [0, 0.1) is 17.7 Å². The van der Waals surface area contributed by atoms with E-state index in [2.05, 4.69) is 11.8 Å². The first-order valence-corrected chi connectivity index (χ1v) is 10.0. The monoisotopic (exact) mass is 408 g/mol. The van der Waals surface area contributed by atoms with Gasteiger partial charge in [0, 0.05) is 11.1 Å². The quantitative estimate of drug-likeness (QED) is 0.345. The van der Waals surface area contributed by atoms with Crippen molar-refractivity contribution < 1.29 is 13.9 Å². The highest BCUT2D eigenvalue weighted by Crippen LogP contribution is 2.20. The highest BCUT2D eigenvalue weighted by atomic mass is 19.1. The fourth-order valence-electron chi connectivity index (χ4n) is 2.95. The van der Waals surface area contributed by atoms with Crippen molar-refractivity contribution in [1.29, 1.82) is 0 Å². The molecular weight excluding hydrogens is 387 g/mol. The Morgan fingerprint density at radius 2 is 1.13 bits per heavy atom. The molecule has 31 heavy (non-hydrogen) atoms. The molecule has 4 rings (SSSR count). The Kier molecular flexibility index (Phi) is 6.62. The Morgan fingerprint density at radius 3 is 1.74 bits per heavy atom. The average Bonchev–Trinajstić information content (AvgIpc) is 2.83. The number of benzene rings is 4. The molecule has 0 aliphatic heterocycles. The fourth-order valence-corrected chi connectivity index (χ4v) is 2.95. The molecule has 0 saturated carbocycles. The van der Waals surface area contributed by atoms with Gasteiger partial charge in [-0.1, -0.05) is 72.5 Å². The van der Waals surface area contributed by atoms with E-state index >= 15 is 0 Å². The van der Waals surface area contributed by atoms with Gasteiger partial charge in [-0.25, -0.2) is 4.39 Å². The van der Waals surface area contributed by atoms with E-state index in [1.54, 1.807) is 12.1 Å². The third kappa shape index (κ3) is 5.98.